The minimum atomic E-state index is -0.662. The molecular formula is C5H6N2O2S. The highest BCUT2D eigenvalue weighted by Gasteiger charge is 2.05. The summed E-state index contributed by atoms with van der Waals surface area (Å²) in [6, 6.07) is 0. The molecule has 1 aromatic rings. The van der Waals surface area contributed by atoms with Gasteiger partial charge < -0.3 is 4.74 Å². The van der Waals surface area contributed by atoms with Crippen molar-refractivity contribution in [2.75, 3.05) is 0 Å². The quantitative estimate of drug-likeness (QED) is 0.506. The van der Waals surface area contributed by atoms with Gasteiger partial charge in [0.2, 0.25) is 0 Å². The first-order valence-corrected chi connectivity index (χ1v) is 3.45. The summed E-state index contributed by atoms with van der Waals surface area (Å²) in [5.74, 6) is 0. The fourth-order valence-electron chi connectivity index (χ4n) is 0.493. The SMILES string of the molecule is NC(OC=O)c1cncs1. The molecule has 10 heavy (non-hydrogen) atoms. The Morgan fingerprint density at radius 3 is 3.20 bits per heavy atom. The second-order valence-electron chi connectivity index (χ2n) is 1.56. The molecule has 0 spiro atoms. The number of nitrogens with two attached hydrogens (primary N) is 1. The Balaban J connectivity index is 2.58. The van der Waals surface area contributed by atoms with Gasteiger partial charge in [0.1, 0.15) is 0 Å². The first-order chi connectivity index (χ1) is 4.84. The van der Waals surface area contributed by atoms with Crippen LogP contribution in [0, 0.1) is 0 Å². The average molecular weight is 158 g/mol. The standard InChI is InChI=1S/C5H6N2O2S/c6-5(9-3-8)4-1-7-2-10-4/h1-3,5H,6H2. The molecule has 0 saturated heterocycles. The minimum Gasteiger partial charge on any atom is -0.444 e. The molecule has 2 N–H and O–H groups in total. The second-order valence-corrected chi connectivity index (χ2v) is 2.47. The van der Waals surface area contributed by atoms with Gasteiger partial charge in [-0.2, -0.15) is 0 Å². The zero-order valence-corrected chi connectivity index (χ0v) is 5.88. The van der Waals surface area contributed by atoms with E-state index in [1.54, 1.807) is 11.7 Å². The van der Waals surface area contributed by atoms with Gasteiger partial charge in [-0.05, 0) is 0 Å². The van der Waals surface area contributed by atoms with E-state index in [-0.39, 0.29) is 0 Å². The van der Waals surface area contributed by atoms with Gasteiger partial charge in [0.05, 0.1) is 10.4 Å². The maximum Gasteiger partial charge on any atom is 0.294 e. The summed E-state index contributed by atoms with van der Waals surface area (Å²) in [7, 11) is 0. The van der Waals surface area contributed by atoms with Crippen LogP contribution < -0.4 is 5.73 Å². The van der Waals surface area contributed by atoms with Gasteiger partial charge in [0.25, 0.3) is 6.47 Å². The van der Waals surface area contributed by atoms with Gasteiger partial charge in [-0.1, -0.05) is 0 Å². The van der Waals surface area contributed by atoms with E-state index in [4.69, 9.17) is 5.73 Å². The van der Waals surface area contributed by atoms with Crippen molar-refractivity contribution in [3.05, 3.63) is 16.6 Å². The lowest BCUT2D eigenvalue weighted by Crippen LogP contribution is -2.11. The Kier molecular flexibility index (Phi) is 2.35. The molecule has 0 aliphatic rings. The molecule has 5 heteroatoms. The van der Waals surface area contributed by atoms with Crippen LogP contribution in [0.5, 0.6) is 0 Å². The van der Waals surface area contributed by atoms with E-state index < -0.39 is 6.23 Å². The van der Waals surface area contributed by atoms with Gasteiger partial charge in [0.15, 0.2) is 6.23 Å². The van der Waals surface area contributed by atoms with Gasteiger partial charge in [-0.15, -0.1) is 11.3 Å². The summed E-state index contributed by atoms with van der Waals surface area (Å²) >= 11 is 1.35. The van der Waals surface area contributed by atoms with Crippen LogP contribution in [0.2, 0.25) is 0 Å². The van der Waals surface area contributed by atoms with E-state index >= 15 is 0 Å². The number of carbonyl (C=O) groups excluding carboxylic acids is 1. The summed E-state index contributed by atoms with van der Waals surface area (Å²) in [5.41, 5.74) is 7.00. The van der Waals surface area contributed by atoms with Crippen LogP contribution in [-0.2, 0) is 9.53 Å². The van der Waals surface area contributed by atoms with Gasteiger partial charge in [0, 0.05) is 6.20 Å². The Morgan fingerprint density at radius 2 is 2.70 bits per heavy atom. The lowest BCUT2D eigenvalue weighted by molar-refractivity contribution is -0.133. The topological polar surface area (TPSA) is 65.2 Å². The summed E-state index contributed by atoms with van der Waals surface area (Å²) in [6.45, 7) is 0.324. The van der Waals surface area contributed by atoms with E-state index in [0.29, 0.717) is 6.47 Å². The molecule has 1 unspecified atom stereocenters. The minimum absolute atomic E-state index is 0.324. The molecule has 1 aromatic heterocycles. The first kappa shape index (κ1) is 7.17. The number of ether oxygens (including phenoxy) is 1. The van der Waals surface area contributed by atoms with Gasteiger partial charge in [-0.3, -0.25) is 15.5 Å². The number of carbonyl (C=O) groups is 1. The predicted molar refractivity (Wildman–Crippen MR) is 36.2 cm³/mol. The monoisotopic (exact) mass is 158 g/mol. The molecule has 0 bridgehead atoms. The molecule has 4 nitrogen and oxygen atoms in total. The maximum atomic E-state index is 9.79. The summed E-state index contributed by atoms with van der Waals surface area (Å²) < 4.78 is 4.45. The fraction of sp³-hybridized carbons (Fsp3) is 0.200. The van der Waals surface area contributed by atoms with Crippen molar-refractivity contribution in [2.45, 2.75) is 6.23 Å². The molecule has 1 atom stereocenters. The van der Waals surface area contributed by atoms with Crippen LogP contribution in [0.4, 0.5) is 0 Å². The van der Waals surface area contributed by atoms with Crippen LogP contribution in [0.1, 0.15) is 11.1 Å². The van der Waals surface area contributed by atoms with Crippen molar-refractivity contribution >= 4 is 17.8 Å². The molecule has 1 rings (SSSR count). The summed E-state index contributed by atoms with van der Waals surface area (Å²) in [4.78, 5) is 14.3. The van der Waals surface area contributed by atoms with Crippen molar-refractivity contribution in [3.63, 3.8) is 0 Å². The van der Waals surface area contributed by atoms with Crippen molar-refractivity contribution < 1.29 is 9.53 Å². The average Bonchev–Trinajstić information content (AvgIpc) is 2.38. The first-order valence-electron chi connectivity index (χ1n) is 2.57. The molecule has 0 aromatic carbocycles. The number of aromatic nitrogens is 1. The van der Waals surface area contributed by atoms with Crippen molar-refractivity contribution in [3.8, 4) is 0 Å². The lowest BCUT2D eigenvalue weighted by Gasteiger charge is -2.03. The zero-order chi connectivity index (χ0) is 7.40. The number of rotatable bonds is 3. The highest BCUT2D eigenvalue weighted by molar-refractivity contribution is 7.09. The molecule has 54 valence electrons. The molecule has 0 fully saturated rings. The Bertz CT molecular complexity index is 199. The predicted octanol–water partition coefficient (Wildman–Crippen LogP) is 0.273. The Morgan fingerprint density at radius 1 is 1.90 bits per heavy atom. The van der Waals surface area contributed by atoms with E-state index in [1.165, 1.54) is 11.3 Å². The smallest absolute Gasteiger partial charge is 0.294 e. The van der Waals surface area contributed by atoms with Crippen LogP contribution in [-0.4, -0.2) is 11.5 Å². The van der Waals surface area contributed by atoms with Crippen LogP contribution in [0.25, 0.3) is 0 Å². The molecule has 0 amide bonds. The molecular weight excluding hydrogens is 152 g/mol. The van der Waals surface area contributed by atoms with E-state index in [0.717, 1.165) is 4.88 Å². The molecule has 0 aliphatic heterocycles. The van der Waals surface area contributed by atoms with E-state index in [9.17, 15) is 4.79 Å². The number of thiazole rings is 1. The van der Waals surface area contributed by atoms with Crippen LogP contribution in [0.15, 0.2) is 11.7 Å². The third-order valence-electron chi connectivity index (χ3n) is 0.934. The summed E-state index contributed by atoms with van der Waals surface area (Å²) in [5, 5.41) is 0. The molecule has 0 radical (unpaired) electrons. The number of hydrogen-bond acceptors (Lipinski definition) is 5. The normalized spacial score (nSPS) is 12.5. The van der Waals surface area contributed by atoms with Crippen molar-refractivity contribution in [2.24, 2.45) is 5.73 Å². The van der Waals surface area contributed by atoms with E-state index in [1.807, 2.05) is 0 Å². The van der Waals surface area contributed by atoms with Gasteiger partial charge >= 0.3 is 0 Å². The third-order valence-corrected chi connectivity index (χ3v) is 1.77. The fourth-order valence-corrected chi connectivity index (χ4v) is 1.05. The Hall–Kier alpha value is -0.940. The highest BCUT2D eigenvalue weighted by atomic mass is 32.1. The summed E-state index contributed by atoms with van der Waals surface area (Å²) in [6.07, 6.45) is 0.906. The van der Waals surface area contributed by atoms with Crippen molar-refractivity contribution in [1.29, 1.82) is 0 Å². The van der Waals surface area contributed by atoms with Crippen LogP contribution >= 0.6 is 11.3 Å². The van der Waals surface area contributed by atoms with Gasteiger partial charge in [-0.25, -0.2) is 0 Å². The Labute approximate surface area is 61.6 Å². The number of nitrogens with zero attached hydrogens (tertiary/aromatic N) is 1. The maximum absolute atomic E-state index is 9.79. The van der Waals surface area contributed by atoms with Crippen LogP contribution in [0.3, 0.4) is 0 Å². The highest BCUT2D eigenvalue weighted by Crippen LogP contribution is 2.14. The van der Waals surface area contributed by atoms with E-state index in [2.05, 4.69) is 9.72 Å². The second kappa shape index (κ2) is 3.28. The molecule has 0 saturated carbocycles. The lowest BCUT2D eigenvalue weighted by atomic mass is 10.5. The van der Waals surface area contributed by atoms with Crippen molar-refractivity contribution in [1.82, 2.24) is 4.98 Å². The zero-order valence-electron chi connectivity index (χ0n) is 5.06. The molecule has 1 heterocycles. The third kappa shape index (κ3) is 1.52. The number of hydrogen-bond donors (Lipinski definition) is 1. The molecule has 0 aliphatic carbocycles. The largest absolute Gasteiger partial charge is 0.444 e.